The number of nitrogens with zero attached hydrogens (tertiary/aromatic N) is 1. The van der Waals surface area contributed by atoms with Crippen LogP contribution in [0.4, 0.5) is 0 Å². The summed E-state index contributed by atoms with van der Waals surface area (Å²) in [5, 5.41) is 0. The molecule has 1 aliphatic rings. The molecule has 3 aromatic carbocycles. The molecular formula is C32H40BNO3. The first kappa shape index (κ1) is 27.2. The summed E-state index contributed by atoms with van der Waals surface area (Å²) in [5.41, 5.74) is 5.49. The maximum absolute atomic E-state index is 6.21. The van der Waals surface area contributed by atoms with Gasteiger partial charge in [0.1, 0.15) is 12.4 Å². The van der Waals surface area contributed by atoms with Crippen molar-refractivity contribution in [3.63, 3.8) is 0 Å². The van der Waals surface area contributed by atoms with Gasteiger partial charge in [0, 0.05) is 6.54 Å². The number of rotatable bonds is 10. The highest BCUT2D eigenvalue weighted by atomic mass is 16.7. The highest BCUT2D eigenvalue weighted by Gasteiger charge is 2.51. The molecule has 3 aromatic rings. The molecule has 4 nitrogen and oxygen atoms in total. The maximum Gasteiger partial charge on any atom is 0.494 e. The Hall–Kier alpha value is -2.86. The first-order valence-electron chi connectivity index (χ1n) is 13.2. The Kier molecular flexibility index (Phi) is 8.58. The topological polar surface area (TPSA) is 30.9 Å². The Bertz CT molecular complexity index is 1150. The molecule has 0 unspecified atom stereocenters. The van der Waals surface area contributed by atoms with E-state index in [-0.39, 0.29) is 18.3 Å². The molecule has 1 aliphatic heterocycles. The van der Waals surface area contributed by atoms with Crippen LogP contribution in [0.3, 0.4) is 0 Å². The standard InChI is InChI=1S/C32H40BNO3/c1-31(2)32(3,4)37-33(36-31)29-18-13-25(14-19-29)12-17-28(27-10-8-7-9-11-27)24-26-15-20-30(21-16-26)35-23-22-34(5)6/h7-11,13-21H,12,22-24H2,1-6H3. The summed E-state index contributed by atoms with van der Waals surface area (Å²) in [4.78, 5) is 2.12. The van der Waals surface area contributed by atoms with E-state index in [1.165, 1.54) is 22.3 Å². The fourth-order valence-electron chi connectivity index (χ4n) is 4.24. The molecule has 0 saturated carbocycles. The van der Waals surface area contributed by atoms with Gasteiger partial charge in [-0.05, 0) is 94.5 Å². The van der Waals surface area contributed by atoms with Gasteiger partial charge in [0.2, 0.25) is 0 Å². The third-order valence-corrected chi connectivity index (χ3v) is 7.36. The predicted octanol–water partition coefficient (Wildman–Crippen LogP) is 5.80. The average molecular weight is 497 g/mol. The third kappa shape index (κ3) is 7.13. The van der Waals surface area contributed by atoms with E-state index in [2.05, 4.69) is 132 Å². The lowest BCUT2D eigenvalue weighted by Crippen LogP contribution is -2.41. The van der Waals surface area contributed by atoms with Crippen molar-refractivity contribution in [1.29, 1.82) is 0 Å². The van der Waals surface area contributed by atoms with Crippen molar-refractivity contribution in [3.8, 4) is 5.75 Å². The van der Waals surface area contributed by atoms with Crippen molar-refractivity contribution in [1.82, 2.24) is 4.90 Å². The summed E-state index contributed by atoms with van der Waals surface area (Å²) in [6.07, 6.45) is 4.08. The second kappa shape index (κ2) is 11.7. The van der Waals surface area contributed by atoms with Crippen LogP contribution in [-0.2, 0) is 22.2 Å². The third-order valence-electron chi connectivity index (χ3n) is 7.36. The monoisotopic (exact) mass is 497 g/mol. The molecule has 0 amide bonds. The molecule has 1 fully saturated rings. The summed E-state index contributed by atoms with van der Waals surface area (Å²) in [7, 11) is 3.78. The van der Waals surface area contributed by atoms with E-state index in [4.69, 9.17) is 14.0 Å². The Morgan fingerprint density at radius 2 is 1.41 bits per heavy atom. The molecule has 0 N–H and O–H groups in total. The zero-order valence-corrected chi connectivity index (χ0v) is 23.2. The second-order valence-electron chi connectivity index (χ2n) is 11.1. The Morgan fingerprint density at radius 1 is 0.811 bits per heavy atom. The second-order valence-corrected chi connectivity index (χ2v) is 11.1. The summed E-state index contributed by atoms with van der Waals surface area (Å²) in [6.45, 7) is 9.94. The Balaban J connectivity index is 1.44. The van der Waals surface area contributed by atoms with Gasteiger partial charge in [0.25, 0.3) is 0 Å². The molecule has 194 valence electrons. The lowest BCUT2D eigenvalue weighted by atomic mass is 9.78. The molecule has 0 spiro atoms. The minimum absolute atomic E-state index is 0.329. The van der Waals surface area contributed by atoms with Gasteiger partial charge >= 0.3 is 7.12 Å². The van der Waals surface area contributed by atoms with Gasteiger partial charge < -0.3 is 18.9 Å². The minimum Gasteiger partial charge on any atom is -0.492 e. The quantitative estimate of drug-likeness (QED) is 0.332. The first-order valence-corrected chi connectivity index (χ1v) is 13.2. The lowest BCUT2D eigenvalue weighted by molar-refractivity contribution is 0.00578. The smallest absolute Gasteiger partial charge is 0.492 e. The molecule has 5 heteroatoms. The molecular weight excluding hydrogens is 457 g/mol. The van der Waals surface area contributed by atoms with E-state index in [1.807, 2.05) is 0 Å². The molecule has 0 atom stereocenters. The maximum atomic E-state index is 6.21. The van der Waals surface area contributed by atoms with Gasteiger partial charge in [0.15, 0.2) is 0 Å². The van der Waals surface area contributed by atoms with Crippen LogP contribution in [0, 0.1) is 0 Å². The lowest BCUT2D eigenvalue weighted by Gasteiger charge is -2.32. The van der Waals surface area contributed by atoms with Gasteiger partial charge in [-0.3, -0.25) is 0 Å². The molecule has 1 heterocycles. The largest absolute Gasteiger partial charge is 0.494 e. The zero-order valence-electron chi connectivity index (χ0n) is 23.2. The number of benzene rings is 3. The van der Waals surface area contributed by atoms with Crippen LogP contribution < -0.4 is 10.2 Å². The van der Waals surface area contributed by atoms with Gasteiger partial charge in [-0.25, -0.2) is 0 Å². The van der Waals surface area contributed by atoms with Crippen molar-refractivity contribution in [2.75, 3.05) is 27.2 Å². The van der Waals surface area contributed by atoms with Crippen LogP contribution in [0.15, 0.2) is 84.9 Å². The Labute approximate surface area is 223 Å². The van der Waals surface area contributed by atoms with E-state index < -0.39 is 0 Å². The van der Waals surface area contributed by atoms with E-state index in [0.717, 1.165) is 30.6 Å². The number of hydrogen-bond donors (Lipinski definition) is 0. The minimum atomic E-state index is -0.333. The summed E-state index contributed by atoms with van der Waals surface area (Å²) in [5.74, 6) is 0.915. The highest BCUT2D eigenvalue weighted by Crippen LogP contribution is 2.36. The molecule has 0 aromatic heterocycles. The first-order chi connectivity index (χ1) is 17.6. The molecule has 0 aliphatic carbocycles. The van der Waals surface area contributed by atoms with Crippen molar-refractivity contribution >= 4 is 18.2 Å². The van der Waals surface area contributed by atoms with Crippen LogP contribution in [0.5, 0.6) is 5.75 Å². The average Bonchev–Trinajstić information content (AvgIpc) is 3.10. The summed E-state index contributed by atoms with van der Waals surface area (Å²) < 4.78 is 18.3. The normalized spacial score (nSPS) is 16.8. The van der Waals surface area contributed by atoms with Gasteiger partial charge in [-0.15, -0.1) is 0 Å². The fourth-order valence-corrected chi connectivity index (χ4v) is 4.24. The van der Waals surface area contributed by atoms with Crippen LogP contribution in [0.1, 0.15) is 44.4 Å². The van der Waals surface area contributed by atoms with Gasteiger partial charge in [-0.2, -0.15) is 0 Å². The SMILES string of the molecule is CN(C)CCOc1ccc(CC(=CCc2ccc(B3OC(C)(C)C(C)(C)O3)cc2)c2ccccc2)cc1. The molecule has 4 rings (SSSR count). The predicted molar refractivity (Wildman–Crippen MR) is 154 cm³/mol. The van der Waals surface area contributed by atoms with Crippen LogP contribution >= 0.6 is 0 Å². The number of likely N-dealkylation sites (N-methyl/N-ethyl adjacent to an activating group) is 1. The molecule has 0 radical (unpaired) electrons. The molecule has 37 heavy (non-hydrogen) atoms. The van der Waals surface area contributed by atoms with Crippen LogP contribution in [0.2, 0.25) is 0 Å². The van der Waals surface area contributed by atoms with Gasteiger partial charge in [0.05, 0.1) is 11.2 Å². The van der Waals surface area contributed by atoms with Crippen LogP contribution in [-0.4, -0.2) is 50.5 Å². The molecule has 1 saturated heterocycles. The fraction of sp³-hybridized carbons (Fsp3) is 0.375. The zero-order chi connectivity index (χ0) is 26.5. The van der Waals surface area contributed by atoms with E-state index in [9.17, 15) is 0 Å². The van der Waals surface area contributed by atoms with E-state index in [1.54, 1.807) is 0 Å². The molecule has 0 bridgehead atoms. The van der Waals surface area contributed by atoms with Crippen molar-refractivity contribution < 1.29 is 14.0 Å². The van der Waals surface area contributed by atoms with E-state index in [0.29, 0.717) is 6.61 Å². The van der Waals surface area contributed by atoms with Crippen molar-refractivity contribution in [3.05, 3.63) is 102 Å². The van der Waals surface area contributed by atoms with Gasteiger partial charge in [-0.1, -0.05) is 72.8 Å². The number of ether oxygens (including phenoxy) is 1. The number of allylic oxidation sites excluding steroid dienone is 2. The van der Waals surface area contributed by atoms with E-state index >= 15 is 0 Å². The van der Waals surface area contributed by atoms with Crippen molar-refractivity contribution in [2.24, 2.45) is 0 Å². The highest BCUT2D eigenvalue weighted by molar-refractivity contribution is 6.62. The summed E-state index contributed by atoms with van der Waals surface area (Å²) in [6, 6.07) is 27.7. The van der Waals surface area contributed by atoms with Crippen LogP contribution in [0.25, 0.3) is 5.57 Å². The summed E-state index contributed by atoms with van der Waals surface area (Å²) >= 11 is 0. The Morgan fingerprint density at radius 3 is 2.00 bits per heavy atom. The van der Waals surface area contributed by atoms with Crippen molar-refractivity contribution in [2.45, 2.75) is 51.7 Å². The number of hydrogen-bond acceptors (Lipinski definition) is 4.